The summed E-state index contributed by atoms with van der Waals surface area (Å²) in [6.45, 7) is 0. The molecule has 27 heavy (non-hydrogen) atoms. The van der Waals surface area contributed by atoms with Crippen LogP contribution in [0.2, 0.25) is 0 Å². The zero-order chi connectivity index (χ0) is 19.6. The Hall–Kier alpha value is -2.65. The number of anilines is 1. The Balaban J connectivity index is 1.87. The lowest BCUT2D eigenvalue weighted by molar-refractivity contribution is 0.0696. The van der Waals surface area contributed by atoms with Crippen molar-refractivity contribution in [2.24, 2.45) is 5.10 Å². The lowest BCUT2D eigenvalue weighted by atomic mass is 10.1. The van der Waals surface area contributed by atoms with Gasteiger partial charge in [-0.15, -0.1) is 0 Å². The molecule has 0 unspecified atom stereocenters. The molecule has 5 nitrogen and oxygen atoms in total. The van der Waals surface area contributed by atoms with Crippen LogP contribution in [0.4, 0.5) is 13.9 Å². The van der Waals surface area contributed by atoms with Crippen molar-refractivity contribution < 1.29 is 18.7 Å². The molecule has 1 N–H and O–H groups in total. The molecular weight excluding hydrogens is 440 g/mol. The standard InChI is InChI=1S/C18H12BrF2N3O2S/c1-24(22-9-11-5-6-13(20)8-14(11)17(25)26)18-23-15(16(21)27-18)10-3-2-4-12(19)7-10/h2-9H,1H3,(H,25,26)/b22-9+. The van der Waals surface area contributed by atoms with Crippen molar-refractivity contribution in [1.29, 1.82) is 0 Å². The number of hydrogen-bond acceptors (Lipinski definition) is 5. The fourth-order valence-electron chi connectivity index (χ4n) is 2.27. The van der Waals surface area contributed by atoms with E-state index in [9.17, 15) is 13.6 Å². The van der Waals surface area contributed by atoms with Crippen molar-refractivity contribution in [2.45, 2.75) is 0 Å². The number of aromatic nitrogens is 1. The first-order chi connectivity index (χ1) is 12.8. The van der Waals surface area contributed by atoms with Gasteiger partial charge in [0.1, 0.15) is 11.5 Å². The van der Waals surface area contributed by atoms with Gasteiger partial charge in [0.15, 0.2) is 0 Å². The fraction of sp³-hybridized carbons (Fsp3) is 0.0556. The molecule has 1 heterocycles. The van der Waals surface area contributed by atoms with Crippen LogP contribution in [0.15, 0.2) is 52.0 Å². The minimum Gasteiger partial charge on any atom is -0.478 e. The number of hydrazone groups is 1. The van der Waals surface area contributed by atoms with Crippen molar-refractivity contribution in [3.8, 4) is 11.3 Å². The van der Waals surface area contributed by atoms with E-state index in [1.54, 1.807) is 25.2 Å². The van der Waals surface area contributed by atoms with Gasteiger partial charge in [-0.3, -0.25) is 0 Å². The summed E-state index contributed by atoms with van der Waals surface area (Å²) < 4.78 is 28.3. The molecule has 3 aromatic rings. The fourth-order valence-corrected chi connectivity index (χ4v) is 3.40. The number of halogens is 3. The van der Waals surface area contributed by atoms with Crippen molar-refractivity contribution in [2.75, 3.05) is 12.1 Å². The van der Waals surface area contributed by atoms with Crippen LogP contribution in [0.5, 0.6) is 0 Å². The number of rotatable bonds is 5. The van der Waals surface area contributed by atoms with Crippen LogP contribution in [-0.2, 0) is 0 Å². The van der Waals surface area contributed by atoms with Crippen LogP contribution >= 0.6 is 27.3 Å². The average molecular weight is 452 g/mol. The third kappa shape index (κ3) is 4.37. The van der Waals surface area contributed by atoms with E-state index in [1.165, 1.54) is 17.3 Å². The minimum absolute atomic E-state index is 0.200. The number of thiazole rings is 1. The summed E-state index contributed by atoms with van der Waals surface area (Å²) in [5.41, 5.74) is 0.826. The molecule has 0 spiro atoms. The van der Waals surface area contributed by atoms with Crippen LogP contribution in [0.25, 0.3) is 11.3 Å². The van der Waals surface area contributed by atoms with Crippen molar-refractivity contribution in [3.63, 3.8) is 0 Å². The predicted molar refractivity (Wildman–Crippen MR) is 105 cm³/mol. The van der Waals surface area contributed by atoms with Crippen LogP contribution < -0.4 is 5.01 Å². The lowest BCUT2D eigenvalue weighted by Crippen LogP contribution is -2.10. The number of aromatic carboxylic acids is 1. The van der Waals surface area contributed by atoms with Gasteiger partial charge in [-0.2, -0.15) is 9.49 Å². The topological polar surface area (TPSA) is 65.8 Å². The van der Waals surface area contributed by atoms with Gasteiger partial charge >= 0.3 is 5.97 Å². The molecule has 0 aliphatic rings. The summed E-state index contributed by atoms with van der Waals surface area (Å²) >= 11 is 4.15. The molecule has 0 saturated heterocycles. The molecule has 0 aliphatic carbocycles. The van der Waals surface area contributed by atoms with E-state index >= 15 is 0 Å². The summed E-state index contributed by atoms with van der Waals surface area (Å²) in [5, 5.41) is 14.4. The van der Waals surface area contributed by atoms with E-state index in [4.69, 9.17) is 5.11 Å². The highest BCUT2D eigenvalue weighted by Crippen LogP contribution is 2.32. The van der Waals surface area contributed by atoms with E-state index in [0.717, 1.165) is 27.9 Å². The Morgan fingerprint density at radius 3 is 2.78 bits per heavy atom. The molecule has 0 bridgehead atoms. The highest BCUT2D eigenvalue weighted by molar-refractivity contribution is 9.10. The summed E-state index contributed by atoms with van der Waals surface area (Å²) in [6, 6.07) is 10.5. The van der Waals surface area contributed by atoms with E-state index in [0.29, 0.717) is 5.56 Å². The summed E-state index contributed by atoms with van der Waals surface area (Å²) in [5.74, 6) is -1.92. The number of benzene rings is 2. The van der Waals surface area contributed by atoms with Gasteiger partial charge in [0.2, 0.25) is 10.3 Å². The second-order valence-corrected chi connectivity index (χ2v) is 7.28. The van der Waals surface area contributed by atoms with Gasteiger partial charge in [0.25, 0.3) is 0 Å². The zero-order valence-electron chi connectivity index (χ0n) is 13.9. The van der Waals surface area contributed by atoms with Crippen molar-refractivity contribution in [1.82, 2.24) is 4.98 Å². The highest BCUT2D eigenvalue weighted by Gasteiger charge is 2.16. The smallest absolute Gasteiger partial charge is 0.336 e. The molecule has 0 atom stereocenters. The van der Waals surface area contributed by atoms with Gasteiger partial charge < -0.3 is 5.11 Å². The second-order valence-electron chi connectivity index (χ2n) is 5.43. The van der Waals surface area contributed by atoms with Crippen LogP contribution in [0.1, 0.15) is 15.9 Å². The van der Waals surface area contributed by atoms with Gasteiger partial charge in [-0.05, 0) is 30.3 Å². The number of hydrogen-bond donors (Lipinski definition) is 1. The first-order valence-electron chi connectivity index (χ1n) is 7.58. The largest absolute Gasteiger partial charge is 0.478 e. The lowest BCUT2D eigenvalue weighted by Gasteiger charge is -2.08. The molecule has 1 aromatic heterocycles. The molecule has 0 saturated carbocycles. The van der Waals surface area contributed by atoms with Gasteiger partial charge in [-0.1, -0.05) is 39.4 Å². The normalized spacial score (nSPS) is 11.1. The Morgan fingerprint density at radius 2 is 2.07 bits per heavy atom. The molecule has 9 heteroatoms. The third-order valence-electron chi connectivity index (χ3n) is 3.57. The first kappa shape index (κ1) is 19.1. The Labute approximate surface area is 165 Å². The van der Waals surface area contributed by atoms with Crippen molar-refractivity contribution >= 4 is 44.6 Å². The molecule has 0 radical (unpaired) electrons. The predicted octanol–water partition coefficient (Wildman–Crippen LogP) is 5.02. The molecule has 0 fully saturated rings. The van der Waals surface area contributed by atoms with Crippen LogP contribution in [0, 0.1) is 10.9 Å². The maximum absolute atomic E-state index is 14.3. The first-order valence-corrected chi connectivity index (χ1v) is 9.19. The van der Waals surface area contributed by atoms with E-state index in [-0.39, 0.29) is 22.0 Å². The van der Waals surface area contributed by atoms with Crippen LogP contribution in [-0.4, -0.2) is 29.3 Å². The summed E-state index contributed by atoms with van der Waals surface area (Å²) in [4.78, 5) is 15.5. The summed E-state index contributed by atoms with van der Waals surface area (Å²) in [7, 11) is 1.56. The molecule has 138 valence electrons. The monoisotopic (exact) mass is 451 g/mol. The third-order valence-corrected chi connectivity index (χ3v) is 4.97. The summed E-state index contributed by atoms with van der Waals surface area (Å²) in [6.07, 6.45) is 1.26. The maximum atomic E-state index is 14.3. The Bertz CT molecular complexity index is 1040. The number of carbonyl (C=O) groups is 1. The second kappa shape index (κ2) is 7.93. The average Bonchev–Trinajstić information content (AvgIpc) is 3.02. The molecule has 0 amide bonds. The molecular formula is C18H12BrF2N3O2S. The quantitative estimate of drug-likeness (QED) is 0.436. The molecule has 2 aromatic carbocycles. The maximum Gasteiger partial charge on any atom is 0.336 e. The molecule has 0 aliphatic heterocycles. The number of carboxylic acid groups (broad SMARTS) is 1. The Morgan fingerprint density at radius 1 is 1.30 bits per heavy atom. The van der Waals surface area contributed by atoms with Gasteiger partial charge in [0.05, 0.1) is 11.8 Å². The zero-order valence-corrected chi connectivity index (χ0v) is 16.3. The van der Waals surface area contributed by atoms with Gasteiger partial charge in [-0.25, -0.2) is 19.2 Å². The highest BCUT2D eigenvalue weighted by atomic mass is 79.9. The molecule has 3 rings (SSSR count). The van der Waals surface area contributed by atoms with E-state index in [2.05, 4.69) is 26.0 Å². The number of nitrogens with zero attached hydrogens (tertiary/aromatic N) is 3. The SMILES string of the molecule is CN(/N=C/c1ccc(F)cc1C(=O)O)c1nc(-c2cccc(Br)c2)c(F)s1. The van der Waals surface area contributed by atoms with Crippen molar-refractivity contribution in [3.05, 3.63) is 69.0 Å². The van der Waals surface area contributed by atoms with E-state index < -0.39 is 16.9 Å². The van der Waals surface area contributed by atoms with Crippen LogP contribution in [0.3, 0.4) is 0 Å². The number of carboxylic acids is 1. The minimum atomic E-state index is -1.27. The Kier molecular flexibility index (Phi) is 5.62. The van der Waals surface area contributed by atoms with E-state index in [1.807, 2.05) is 6.07 Å². The van der Waals surface area contributed by atoms with Gasteiger partial charge in [0, 0.05) is 22.6 Å².